The third-order valence-electron chi connectivity index (χ3n) is 6.86. The molecule has 2 amide bonds. The Bertz CT molecular complexity index is 1470. The number of amides is 2. The van der Waals surface area contributed by atoms with Gasteiger partial charge in [-0.05, 0) is 81.3 Å². The van der Waals surface area contributed by atoms with Crippen molar-refractivity contribution >= 4 is 50.7 Å². The van der Waals surface area contributed by atoms with Crippen LogP contribution in [0.15, 0.2) is 71.6 Å². The van der Waals surface area contributed by atoms with Gasteiger partial charge in [0.05, 0.1) is 21.2 Å². The van der Waals surface area contributed by atoms with Gasteiger partial charge in [-0.3, -0.25) is 14.3 Å². The van der Waals surface area contributed by atoms with Crippen molar-refractivity contribution in [3.05, 3.63) is 82.3 Å². The highest BCUT2D eigenvalue weighted by Crippen LogP contribution is 2.31. The van der Waals surface area contributed by atoms with E-state index in [-0.39, 0.29) is 33.9 Å². The maximum atomic E-state index is 13.5. The Kier molecular flexibility index (Phi) is 9.60. The Hall–Kier alpha value is -3.27. The van der Waals surface area contributed by atoms with Gasteiger partial charge < -0.3 is 14.5 Å². The van der Waals surface area contributed by atoms with E-state index in [1.54, 1.807) is 29.2 Å². The lowest BCUT2D eigenvalue weighted by Gasteiger charge is -2.34. The molecule has 0 aliphatic carbocycles. The van der Waals surface area contributed by atoms with Crippen LogP contribution in [0.2, 0.25) is 10.0 Å². The second-order valence-corrected chi connectivity index (χ2v) is 11.9. The van der Waals surface area contributed by atoms with Gasteiger partial charge in [-0.1, -0.05) is 35.3 Å². The summed E-state index contributed by atoms with van der Waals surface area (Å²) < 4.78 is 34.7. The van der Waals surface area contributed by atoms with E-state index in [4.69, 9.17) is 27.9 Å². The van der Waals surface area contributed by atoms with E-state index >= 15 is 0 Å². The molecule has 0 radical (unpaired) electrons. The zero-order valence-electron chi connectivity index (χ0n) is 22.3. The zero-order chi connectivity index (χ0) is 28.9. The lowest BCUT2D eigenvalue weighted by molar-refractivity contribution is -0.136. The van der Waals surface area contributed by atoms with Gasteiger partial charge in [0.1, 0.15) is 11.5 Å². The van der Waals surface area contributed by atoms with Gasteiger partial charge in [0.2, 0.25) is 5.91 Å². The molecule has 3 aromatic carbocycles. The van der Waals surface area contributed by atoms with Crippen molar-refractivity contribution in [2.24, 2.45) is 5.92 Å². The molecule has 1 fully saturated rings. The second-order valence-electron chi connectivity index (χ2n) is 9.38. The maximum absolute atomic E-state index is 13.5. The summed E-state index contributed by atoms with van der Waals surface area (Å²) in [7, 11) is -4.04. The lowest BCUT2D eigenvalue weighted by Crippen LogP contribution is -2.44. The molecule has 1 saturated heterocycles. The third kappa shape index (κ3) is 6.89. The molecule has 40 heavy (non-hydrogen) atoms. The smallest absolute Gasteiger partial charge is 0.261 e. The number of hydrogen-bond donors (Lipinski definition) is 1. The number of para-hydroxylation sites is 1. The van der Waals surface area contributed by atoms with Crippen molar-refractivity contribution < 1.29 is 22.7 Å². The summed E-state index contributed by atoms with van der Waals surface area (Å²) in [4.78, 5) is 29.6. The lowest BCUT2D eigenvalue weighted by atomic mass is 9.94. The largest absolute Gasteiger partial charge is 0.456 e. The van der Waals surface area contributed by atoms with Crippen molar-refractivity contribution in [1.29, 1.82) is 0 Å². The number of rotatable bonds is 9. The van der Waals surface area contributed by atoms with Crippen LogP contribution in [0.1, 0.15) is 37.0 Å². The van der Waals surface area contributed by atoms with Crippen LogP contribution >= 0.6 is 23.2 Å². The summed E-state index contributed by atoms with van der Waals surface area (Å²) >= 11 is 12.3. The van der Waals surface area contributed by atoms with E-state index in [0.29, 0.717) is 60.6 Å². The fourth-order valence-corrected chi connectivity index (χ4v) is 6.05. The molecule has 1 aliphatic rings. The van der Waals surface area contributed by atoms with E-state index in [9.17, 15) is 18.0 Å². The number of ether oxygens (including phenoxy) is 1. The predicted molar refractivity (Wildman–Crippen MR) is 157 cm³/mol. The highest BCUT2D eigenvalue weighted by molar-refractivity contribution is 7.92. The molecular formula is C29H31Cl2N3O5S. The van der Waals surface area contributed by atoms with Crippen LogP contribution in [0.5, 0.6) is 11.5 Å². The number of benzene rings is 3. The summed E-state index contributed by atoms with van der Waals surface area (Å²) in [5, 5.41) is 0.736. The summed E-state index contributed by atoms with van der Waals surface area (Å²) in [6.07, 6.45) is 1.09. The molecule has 0 spiro atoms. The van der Waals surface area contributed by atoms with Crippen molar-refractivity contribution in [2.75, 3.05) is 30.9 Å². The summed E-state index contributed by atoms with van der Waals surface area (Å²) in [5.74, 6) is 0.487. The van der Waals surface area contributed by atoms with Crippen LogP contribution in [-0.2, 0) is 14.8 Å². The molecule has 0 unspecified atom stereocenters. The van der Waals surface area contributed by atoms with E-state index < -0.39 is 10.0 Å². The van der Waals surface area contributed by atoms with Gasteiger partial charge in [-0.2, -0.15) is 0 Å². The van der Waals surface area contributed by atoms with Crippen LogP contribution in [-0.4, -0.2) is 56.2 Å². The molecule has 0 saturated carbocycles. The minimum atomic E-state index is -4.04. The van der Waals surface area contributed by atoms with Gasteiger partial charge in [0, 0.05) is 37.1 Å². The fraction of sp³-hybridized carbons (Fsp3) is 0.310. The number of anilines is 1. The number of piperidine rings is 1. The van der Waals surface area contributed by atoms with Crippen LogP contribution in [0.25, 0.3) is 0 Å². The van der Waals surface area contributed by atoms with Crippen LogP contribution in [0.3, 0.4) is 0 Å². The number of halogens is 2. The van der Waals surface area contributed by atoms with Gasteiger partial charge in [0.15, 0.2) is 0 Å². The SMILES string of the molecule is CCN(CC)C(=O)C1CCN(C(=O)c2cc(Cl)ccc2NS(=O)(=O)c2ccc(Oc3ccccc3Cl)cc2)CC1. The molecule has 0 aromatic heterocycles. The average molecular weight is 605 g/mol. The molecular weight excluding hydrogens is 573 g/mol. The molecule has 1 heterocycles. The highest BCUT2D eigenvalue weighted by Gasteiger charge is 2.31. The Balaban J connectivity index is 1.47. The van der Waals surface area contributed by atoms with Crippen molar-refractivity contribution in [2.45, 2.75) is 31.6 Å². The number of carbonyl (C=O) groups excluding carboxylic acids is 2. The minimum absolute atomic E-state index is 0.0110. The first-order valence-electron chi connectivity index (χ1n) is 13.1. The Morgan fingerprint density at radius 3 is 2.25 bits per heavy atom. The molecule has 1 N–H and O–H groups in total. The fourth-order valence-electron chi connectivity index (χ4n) is 4.62. The van der Waals surface area contributed by atoms with Crippen molar-refractivity contribution in [1.82, 2.24) is 9.80 Å². The summed E-state index contributed by atoms with van der Waals surface area (Å²) in [6, 6.07) is 17.3. The van der Waals surface area contributed by atoms with Crippen LogP contribution < -0.4 is 9.46 Å². The Morgan fingerprint density at radius 2 is 1.62 bits per heavy atom. The summed E-state index contributed by atoms with van der Waals surface area (Å²) in [6.45, 7) is 5.98. The number of sulfonamides is 1. The van der Waals surface area contributed by atoms with Crippen LogP contribution in [0, 0.1) is 5.92 Å². The van der Waals surface area contributed by atoms with Gasteiger partial charge in [-0.25, -0.2) is 8.42 Å². The topological polar surface area (TPSA) is 96.0 Å². The number of nitrogens with one attached hydrogen (secondary N) is 1. The molecule has 0 atom stereocenters. The number of carbonyl (C=O) groups is 2. The first-order valence-corrected chi connectivity index (χ1v) is 15.3. The molecule has 1 aliphatic heterocycles. The maximum Gasteiger partial charge on any atom is 0.261 e. The second kappa shape index (κ2) is 12.9. The van der Waals surface area contributed by atoms with E-state index in [2.05, 4.69) is 4.72 Å². The Labute approximate surface area is 244 Å². The minimum Gasteiger partial charge on any atom is -0.456 e. The zero-order valence-corrected chi connectivity index (χ0v) is 24.6. The number of likely N-dealkylation sites (tertiary alicyclic amines) is 1. The van der Waals surface area contributed by atoms with E-state index in [0.717, 1.165) is 0 Å². The molecule has 11 heteroatoms. The van der Waals surface area contributed by atoms with E-state index in [1.165, 1.54) is 42.5 Å². The van der Waals surface area contributed by atoms with Gasteiger partial charge in [-0.15, -0.1) is 0 Å². The normalized spacial score (nSPS) is 14.1. The quantitative estimate of drug-likeness (QED) is 0.309. The monoisotopic (exact) mass is 603 g/mol. The first-order chi connectivity index (χ1) is 19.1. The molecule has 3 aromatic rings. The van der Waals surface area contributed by atoms with Gasteiger partial charge in [0.25, 0.3) is 15.9 Å². The number of nitrogens with zero attached hydrogens (tertiary/aromatic N) is 2. The average Bonchev–Trinajstić information content (AvgIpc) is 2.96. The van der Waals surface area contributed by atoms with Crippen LogP contribution in [0.4, 0.5) is 5.69 Å². The third-order valence-corrected chi connectivity index (χ3v) is 8.79. The molecule has 0 bridgehead atoms. The molecule has 4 rings (SSSR count). The standard InChI is InChI=1S/C29H31Cl2N3O5S/c1-3-33(4-2)28(35)20-15-17-34(18-16-20)29(36)24-19-21(30)9-14-26(24)32-40(37,38)23-12-10-22(11-13-23)39-27-8-6-5-7-25(27)31/h5-14,19-20,32H,3-4,15-18H2,1-2H3. The van der Waals surface area contributed by atoms with Crippen molar-refractivity contribution in [3.8, 4) is 11.5 Å². The first kappa shape index (κ1) is 29.7. The van der Waals surface area contributed by atoms with Gasteiger partial charge >= 0.3 is 0 Å². The number of hydrogen-bond acceptors (Lipinski definition) is 5. The highest BCUT2D eigenvalue weighted by atomic mass is 35.5. The molecule has 212 valence electrons. The Morgan fingerprint density at radius 1 is 0.975 bits per heavy atom. The van der Waals surface area contributed by atoms with E-state index in [1.807, 2.05) is 18.7 Å². The molecule has 8 nitrogen and oxygen atoms in total. The predicted octanol–water partition coefficient (Wildman–Crippen LogP) is 6.31. The van der Waals surface area contributed by atoms with Crippen molar-refractivity contribution in [3.63, 3.8) is 0 Å². The summed E-state index contributed by atoms with van der Waals surface area (Å²) in [5.41, 5.74) is 0.260.